The highest BCUT2D eigenvalue weighted by atomic mass is 16.6. The number of nitro benzene ring substituents is 1. The van der Waals surface area contributed by atoms with Crippen LogP contribution in [0.1, 0.15) is 22.3 Å². The van der Waals surface area contributed by atoms with Crippen molar-refractivity contribution in [2.45, 2.75) is 20.8 Å². The number of carbonyl (C=O) groups is 1. The van der Waals surface area contributed by atoms with Crippen molar-refractivity contribution in [3.8, 4) is 0 Å². The number of nitrogens with one attached hydrogen (secondary N) is 1. The number of hydrogen-bond acceptors (Lipinski definition) is 3. The lowest BCUT2D eigenvalue weighted by molar-refractivity contribution is -0.384. The molecule has 0 aliphatic rings. The van der Waals surface area contributed by atoms with Crippen molar-refractivity contribution in [2.75, 3.05) is 5.32 Å². The van der Waals surface area contributed by atoms with Crippen LogP contribution in [-0.2, 0) is 4.79 Å². The molecule has 1 amide bonds. The number of nitro groups is 1. The van der Waals surface area contributed by atoms with Gasteiger partial charge in [0, 0.05) is 23.9 Å². The summed E-state index contributed by atoms with van der Waals surface area (Å²) in [6, 6.07) is 10.1. The average molecular weight is 310 g/mol. The van der Waals surface area contributed by atoms with Crippen LogP contribution in [0.25, 0.3) is 6.08 Å². The first-order chi connectivity index (χ1) is 10.9. The van der Waals surface area contributed by atoms with Crippen molar-refractivity contribution in [2.24, 2.45) is 0 Å². The zero-order valence-corrected chi connectivity index (χ0v) is 13.3. The second-order valence-corrected chi connectivity index (χ2v) is 5.45. The van der Waals surface area contributed by atoms with Gasteiger partial charge >= 0.3 is 0 Å². The molecule has 0 unspecified atom stereocenters. The van der Waals surface area contributed by atoms with Gasteiger partial charge in [0.05, 0.1) is 4.92 Å². The van der Waals surface area contributed by atoms with Crippen LogP contribution in [0.4, 0.5) is 11.4 Å². The SMILES string of the molecule is Cc1cc(C)c(NC(=O)C=Cc2cccc([N+](=O)[O-])c2)c(C)c1. The van der Waals surface area contributed by atoms with Crippen LogP contribution in [-0.4, -0.2) is 10.8 Å². The van der Waals surface area contributed by atoms with Gasteiger partial charge in [-0.1, -0.05) is 29.8 Å². The third-order valence-corrected chi connectivity index (χ3v) is 3.43. The number of rotatable bonds is 4. The van der Waals surface area contributed by atoms with Crippen molar-refractivity contribution in [1.82, 2.24) is 0 Å². The average Bonchev–Trinajstić information content (AvgIpc) is 2.49. The first-order valence-corrected chi connectivity index (χ1v) is 7.18. The van der Waals surface area contributed by atoms with E-state index < -0.39 is 4.92 Å². The maximum absolute atomic E-state index is 12.1. The molecule has 0 saturated carbocycles. The van der Waals surface area contributed by atoms with Crippen LogP contribution in [0, 0.1) is 30.9 Å². The van der Waals surface area contributed by atoms with E-state index in [0.717, 1.165) is 22.4 Å². The smallest absolute Gasteiger partial charge is 0.270 e. The summed E-state index contributed by atoms with van der Waals surface area (Å²) in [5.41, 5.74) is 4.54. The summed E-state index contributed by atoms with van der Waals surface area (Å²) in [7, 11) is 0. The molecule has 2 rings (SSSR count). The quantitative estimate of drug-likeness (QED) is 0.523. The topological polar surface area (TPSA) is 72.2 Å². The van der Waals surface area contributed by atoms with Gasteiger partial charge in [-0.2, -0.15) is 0 Å². The van der Waals surface area contributed by atoms with Crippen LogP contribution in [0.2, 0.25) is 0 Å². The fourth-order valence-electron chi connectivity index (χ4n) is 2.46. The molecule has 2 aromatic carbocycles. The van der Waals surface area contributed by atoms with Gasteiger partial charge in [-0.25, -0.2) is 0 Å². The Hall–Kier alpha value is -2.95. The van der Waals surface area contributed by atoms with Gasteiger partial charge < -0.3 is 5.32 Å². The molecule has 0 fully saturated rings. The number of amides is 1. The Balaban J connectivity index is 2.14. The van der Waals surface area contributed by atoms with Crippen LogP contribution in [0.3, 0.4) is 0 Å². The fourth-order valence-corrected chi connectivity index (χ4v) is 2.46. The molecule has 0 aromatic heterocycles. The largest absolute Gasteiger partial charge is 0.322 e. The summed E-state index contributed by atoms with van der Waals surface area (Å²) in [5.74, 6) is -0.272. The fraction of sp³-hybridized carbons (Fsp3) is 0.167. The first kappa shape index (κ1) is 16.4. The van der Waals surface area contributed by atoms with Gasteiger partial charge in [0.15, 0.2) is 0 Å². The lowest BCUT2D eigenvalue weighted by Crippen LogP contribution is -2.10. The highest BCUT2D eigenvalue weighted by molar-refractivity contribution is 6.02. The zero-order chi connectivity index (χ0) is 17.0. The minimum atomic E-state index is -0.462. The minimum absolute atomic E-state index is 0.00205. The number of nitrogens with zero attached hydrogens (tertiary/aromatic N) is 1. The molecule has 0 aliphatic carbocycles. The van der Waals surface area contributed by atoms with Crippen molar-refractivity contribution in [1.29, 1.82) is 0 Å². The third kappa shape index (κ3) is 4.26. The van der Waals surface area contributed by atoms with E-state index >= 15 is 0 Å². The molecule has 118 valence electrons. The molecule has 0 radical (unpaired) electrons. The Morgan fingerprint density at radius 3 is 2.39 bits per heavy atom. The Kier molecular flexibility index (Phi) is 4.91. The summed E-state index contributed by atoms with van der Waals surface area (Å²) in [4.78, 5) is 22.3. The van der Waals surface area contributed by atoms with Gasteiger partial charge in [-0.15, -0.1) is 0 Å². The monoisotopic (exact) mass is 310 g/mol. The highest BCUT2D eigenvalue weighted by Crippen LogP contribution is 2.22. The Morgan fingerprint density at radius 1 is 1.13 bits per heavy atom. The number of anilines is 1. The van der Waals surface area contributed by atoms with Gasteiger partial charge in [-0.3, -0.25) is 14.9 Å². The normalized spacial score (nSPS) is 10.7. The Bertz CT molecular complexity index is 772. The maximum atomic E-state index is 12.1. The molecular formula is C18H18N2O3. The minimum Gasteiger partial charge on any atom is -0.322 e. The Morgan fingerprint density at radius 2 is 1.78 bits per heavy atom. The second kappa shape index (κ2) is 6.87. The molecule has 5 heteroatoms. The van der Waals surface area contributed by atoms with E-state index in [1.807, 2.05) is 32.9 Å². The van der Waals surface area contributed by atoms with E-state index in [1.54, 1.807) is 18.2 Å². The first-order valence-electron chi connectivity index (χ1n) is 7.18. The molecule has 0 spiro atoms. The third-order valence-electron chi connectivity index (χ3n) is 3.43. The molecule has 5 nitrogen and oxygen atoms in total. The van der Waals surface area contributed by atoms with E-state index in [2.05, 4.69) is 5.32 Å². The number of hydrogen-bond donors (Lipinski definition) is 1. The number of benzene rings is 2. The van der Waals surface area contributed by atoms with Crippen LogP contribution < -0.4 is 5.32 Å². The van der Waals surface area contributed by atoms with Crippen LogP contribution in [0.15, 0.2) is 42.5 Å². The summed E-state index contributed by atoms with van der Waals surface area (Å²) in [6.07, 6.45) is 2.93. The molecule has 0 saturated heterocycles. The highest BCUT2D eigenvalue weighted by Gasteiger charge is 2.07. The predicted molar refractivity (Wildman–Crippen MR) is 91.4 cm³/mol. The van der Waals surface area contributed by atoms with Gasteiger partial charge in [0.2, 0.25) is 5.91 Å². The summed E-state index contributed by atoms with van der Waals surface area (Å²) in [5, 5.41) is 13.6. The lowest BCUT2D eigenvalue weighted by atomic mass is 10.1. The van der Waals surface area contributed by atoms with E-state index in [4.69, 9.17) is 0 Å². The maximum Gasteiger partial charge on any atom is 0.270 e. The van der Waals surface area contributed by atoms with Gasteiger partial charge in [0.25, 0.3) is 5.69 Å². The number of non-ortho nitro benzene ring substituents is 1. The summed E-state index contributed by atoms with van der Waals surface area (Å²) < 4.78 is 0. The van der Waals surface area contributed by atoms with Crippen LogP contribution >= 0.6 is 0 Å². The number of aryl methyl sites for hydroxylation is 3. The van der Waals surface area contributed by atoms with E-state index in [-0.39, 0.29) is 11.6 Å². The predicted octanol–water partition coefficient (Wildman–Crippen LogP) is 4.17. The van der Waals surface area contributed by atoms with Crippen molar-refractivity contribution in [3.63, 3.8) is 0 Å². The molecule has 0 bridgehead atoms. The van der Waals surface area contributed by atoms with Crippen molar-refractivity contribution in [3.05, 3.63) is 74.8 Å². The summed E-state index contributed by atoms with van der Waals surface area (Å²) in [6.45, 7) is 5.90. The molecule has 2 aromatic rings. The van der Waals surface area contributed by atoms with E-state index in [1.165, 1.54) is 18.2 Å². The van der Waals surface area contributed by atoms with E-state index in [0.29, 0.717) is 5.56 Å². The van der Waals surface area contributed by atoms with Crippen molar-refractivity contribution < 1.29 is 9.72 Å². The Labute approximate surface area is 134 Å². The summed E-state index contributed by atoms with van der Waals surface area (Å²) >= 11 is 0. The molecule has 0 aliphatic heterocycles. The number of carbonyl (C=O) groups excluding carboxylic acids is 1. The van der Waals surface area contributed by atoms with Gasteiger partial charge in [-0.05, 0) is 43.5 Å². The zero-order valence-electron chi connectivity index (χ0n) is 13.3. The molecule has 0 atom stereocenters. The molecule has 0 heterocycles. The second-order valence-electron chi connectivity index (χ2n) is 5.45. The lowest BCUT2D eigenvalue weighted by Gasteiger charge is -2.11. The van der Waals surface area contributed by atoms with Crippen LogP contribution in [0.5, 0.6) is 0 Å². The standard InChI is InChI=1S/C18H18N2O3/c1-12-9-13(2)18(14(3)10-12)19-17(21)8-7-15-5-4-6-16(11-15)20(22)23/h4-11H,1-3H3,(H,19,21). The molecular weight excluding hydrogens is 292 g/mol. The van der Waals surface area contributed by atoms with Gasteiger partial charge in [0.1, 0.15) is 0 Å². The van der Waals surface area contributed by atoms with E-state index in [9.17, 15) is 14.9 Å². The molecule has 1 N–H and O–H groups in total. The molecule has 23 heavy (non-hydrogen) atoms. The van der Waals surface area contributed by atoms with Crippen molar-refractivity contribution >= 4 is 23.4 Å².